The first kappa shape index (κ1) is 16.4. The summed E-state index contributed by atoms with van der Waals surface area (Å²) in [6.07, 6.45) is 5.44. The van der Waals surface area contributed by atoms with Crippen molar-refractivity contribution in [2.75, 3.05) is 18.0 Å². The van der Waals surface area contributed by atoms with Gasteiger partial charge in [0.15, 0.2) is 0 Å². The maximum atomic E-state index is 12.3. The fourth-order valence-electron chi connectivity index (χ4n) is 2.88. The topological polar surface area (TPSA) is 58.1 Å². The minimum Gasteiger partial charge on any atom is -0.346 e. The lowest BCUT2D eigenvalue weighted by Gasteiger charge is -2.26. The lowest BCUT2D eigenvalue weighted by atomic mass is 10.1. The van der Waals surface area contributed by atoms with Gasteiger partial charge in [0.2, 0.25) is 5.95 Å². The second-order valence-corrected chi connectivity index (χ2v) is 6.38. The summed E-state index contributed by atoms with van der Waals surface area (Å²) in [5.41, 5.74) is 3.83. The molecule has 1 amide bonds. The third kappa shape index (κ3) is 3.91. The molecule has 5 heteroatoms. The van der Waals surface area contributed by atoms with E-state index in [-0.39, 0.29) is 5.91 Å². The summed E-state index contributed by atoms with van der Waals surface area (Å²) in [5.74, 6) is 0.698. The van der Waals surface area contributed by atoms with E-state index in [0.717, 1.165) is 30.3 Å². The second kappa shape index (κ2) is 7.43. The number of aryl methyl sites for hydroxylation is 2. The molecule has 1 aromatic heterocycles. The van der Waals surface area contributed by atoms with E-state index in [9.17, 15) is 4.79 Å². The monoisotopic (exact) mass is 324 g/mol. The molecule has 1 aromatic carbocycles. The summed E-state index contributed by atoms with van der Waals surface area (Å²) in [6, 6.07) is 7.61. The Morgan fingerprint density at radius 2 is 1.92 bits per heavy atom. The predicted molar refractivity (Wildman–Crippen MR) is 95.2 cm³/mol. The van der Waals surface area contributed by atoms with Gasteiger partial charge in [0, 0.05) is 24.8 Å². The lowest BCUT2D eigenvalue weighted by Crippen LogP contribution is -2.31. The number of hydrogen-bond acceptors (Lipinski definition) is 4. The molecule has 1 saturated heterocycles. The lowest BCUT2D eigenvalue weighted by molar-refractivity contribution is 0.0950. The summed E-state index contributed by atoms with van der Waals surface area (Å²) < 4.78 is 0. The zero-order valence-corrected chi connectivity index (χ0v) is 14.4. The van der Waals surface area contributed by atoms with Gasteiger partial charge in [0.1, 0.15) is 0 Å². The van der Waals surface area contributed by atoms with Crippen molar-refractivity contribution >= 4 is 11.9 Å². The van der Waals surface area contributed by atoms with E-state index in [0.29, 0.717) is 12.1 Å². The van der Waals surface area contributed by atoms with Crippen molar-refractivity contribution in [3.05, 3.63) is 52.8 Å². The van der Waals surface area contributed by atoms with E-state index in [2.05, 4.69) is 20.2 Å². The maximum Gasteiger partial charge on any atom is 0.251 e. The molecular weight excluding hydrogens is 300 g/mol. The highest BCUT2D eigenvalue weighted by molar-refractivity contribution is 5.94. The van der Waals surface area contributed by atoms with Gasteiger partial charge in [-0.25, -0.2) is 9.97 Å². The standard InChI is InChI=1S/C19H24N4O/c1-14-6-7-16(12-15(14)2)18(24)21-13-17-8-9-20-19(22-17)23-10-4-3-5-11-23/h6-9,12H,3-5,10-11,13H2,1-2H3,(H,21,24). The zero-order chi connectivity index (χ0) is 16.9. The first-order chi connectivity index (χ1) is 11.6. The van der Waals surface area contributed by atoms with E-state index in [1.54, 1.807) is 6.20 Å². The largest absolute Gasteiger partial charge is 0.346 e. The third-order valence-electron chi connectivity index (χ3n) is 4.54. The number of hydrogen-bond donors (Lipinski definition) is 1. The molecule has 2 aromatic rings. The van der Waals surface area contributed by atoms with Crippen molar-refractivity contribution < 1.29 is 4.79 Å². The van der Waals surface area contributed by atoms with Crippen LogP contribution in [-0.4, -0.2) is 29.0 Å². The van der Waals surface area contributed by atoms with Crippen LogP contribution in [-0.2, 0) is 6.54 Å². The smallest absolute Gasteiger partial charge is 0.251 e. The minimum atomic E-state index is -0.0729. The van der Waals surface area contributed by atoms with Crippen LogP contribution in [0.1, 0.15) is 46.4 Å². The van der Waals surface area contributed by atoms with E-state index >= 15 is 0 Å². The van der Waals surface area contributed by atoms with Crippen LogP contribution in [0, 0.1) is 13.8 Å². The van der Waals surface area contributed by atoms with Gasteiger partial charge in [0.05, 0.1) is 12.2 Å². The molecule has 0 spiro atoms. The summed E-state index contributed by atoms with van der Waals surface area (Å²) in [7, 11) is 0. The second-order valence-electron chi connectivity index (χ2n) is 6.38. The summed E-state index contributed by atoms with van der Waals surface area (Å²) in [4.78, 5) is 23.5. The molecule has 0 saturated carbocycles. The molecule has 1 aliphatic rings. The minimum absolute atomic E-state index is 0.0729. The van der Waals surface area contributed by atoms with E-state index < -0.39 is 0 Å². The SMILES string of the molecule is Cc1ccc(C(=O)NCc2ccnc(N3CCCCC3)n2)cc1C. The number of piperidine rings is 1. The van der Waals surface area contributed by atoms with Crippen molar-refractivity contribution in [2.45, 2.75) is 39.7 Å². The molecule has 1 aliphatic heterocycles. The fourth-order valence-corrected chi connectivity index (χ4v) is 2.88. The van der Waals surface area contributed by atoms with E-state index in [1.165, 1.54) is 24.8 Å². The number of amides is 1. The Morgan fingerprint density at radius 3 is 2.67 bits per heavy atom. The average molecular weight is 324 g/mol. The molecule has 126 valence electrons. The van der Waals surface area contributed by atoms with Crippen LogP contribution in [0.2, 0.25) is 0 Å². The number of nitrogens with zero attached hydrogens (tertiary/aromatic N) is 3. The van der Waals surface area contributed by atoms with Gasteiger partial charge in [-0.1, -0.05) is 6.07 Å². The molecule has 0 bridgehead atoms. The van der Waals surface area contributed by atoms with Crippen molar-refractivity contribution in [1.82, 2.24) is 15.3 Å². The zero-order valence-electron chi connectivity index (χ0n) is 14.4. The summed E-state index contributed by atoms with van der Waals surface area (Å²) >= 11 is 0. The average Bonchev–Trinajstić information content (AvgIpc) is 2.63. The molecule has 2 heterocycles. The van der Waals surface area contributed by atoms with Crippen molar-refractivity contribution in [3.63, 3.8) is 0 Å². The maximum absolute atomic E-state index is 12.3. The summed E-state index contributed by atoms with van der Waals surface area (Å²) in [5, 5.41) is 2.94. The number of anilines is 1. The number of rotatable bonds is 4. The highest BCUT2D eigenvalue weighted by Crippen LogP contribution is 2.15. The number of aromatic nitrogens is 2. The Morgan fingerprint density at radius 1 is 1.12 bits per heavy atom. The Bertz CT molecular complexity index is 723. The van der Waals surface area contributed by atoms with Crippen LogP contribution in [0.15, 0.2) is 30.5 Å². The number of nitrogens with one attached hydrogen (secondary N) is 1. The van der Waals surface area contributed by atoms with Crippen LogP contribution >= 0.6 is 0 Å². The molecule has 24 heavy (non-hydrogen) atoms. The van der Waals surface area contributed by atoms with Gasteiger partial charge in [-0.3, -0.25) is 4.79 Å². The first-order valence-electron chi connectivity index (χ1n) is 8.56. The molecule has 0 radical (unpaired) electrons. The van der Waals surface area contributed by atoms with Crippen LogP contribution in [0.3, 0.4) is 0 Å². The number of carbonyl (C=O) groups excluding carboxylic acids is 1. The van der Waals surface area contributed by atoms with Crippen LogP contribution in [0.25, 0.3) is 0 Å². The van der Waals surface area contributed by atoms with Crippen LogP contribution in [0.4, 0.5) is 5.95 Å². The Kier molecular flexibility index (Phi) is 5.08. The van der Waals surface area contributed by atoms with Gasteiger partial charge in [-0.05, 0) is 62.4 Å². The summed E-state index contributed by atoms with van der Waals surface area (Å²) in [6.45, 7) is 6.49. The van der Waals surface area contributed by atoms with E-state index in [1.807, 2.05) is 38.1 Å². The van der Waals surface area contributed by atoms with E-state index in [4.69, 9.17) is 0 Å². The molecular formula is C19H24N4O. The van der Waals surface area contributed by atoms with Gasteiger partial charge >= 0.3 is 0 Å². The number of carbonyl (C=O) groups is 1. The molecule has 0 unspecified atom stereocenters. The first-order valence-corrected chi connectivity index (χ1v) is 8.56. The van der Waals surface area contributed by atoms with Gasteiger partial charge in [0.25, 0.3) is 5.91 Å². The van der Waals surface area contributed by atoms with Crippen molar-refractivity contribution in [1.29, 1.82) is 0 Å². The Balaban J connectivity index is 1.63. The third-order valence-corrected chi connectivity index (χ3v) is 4.54. The van der Waals surface area contributed by atoms with Crippen molar-refractivity contribution in [3.8, 4) is 0 Å². The Hall–Kier alpha value is -2.43. The fraction of sp³-hybridized carbons (Fsp3) is 0.421. The van der Waals surface area contributed by atoms with Crippen LogP contribution in [0.5, 0.6) is 0 Å². The normalized spacial score (nSPS) is 14.5. The van der Waals surface area contributed by atoms with Gasteiger partial charge in [-0.15, -0.1) is 0 Å². The highest BCUT2D eigenvalue weighted by Gasteiger charge is 2.14. The molecule has 0 aliphatic carbocycles. The van der Waals surface area contributed by atoms with Crippen LogP contribution < -0.4 is 10.2 Å². The molecule has 0 atom stereocenters. The molecule has 1 fully saturated rings. The Labute approximate surface area is 143 Å². The molecule has 1 N–H and O–H groups in total. The molecule has 3 rings (SSSR count). The molecule has 5 nitrogen and oxygen atoms in total. The van der Waals surface area contributed by atoms with Gasteiger partial charge in [-0.2, -0.15) is 0 Å². The highest BCUT2D eigenvalue weighted by atomic mass is 16.1. The number of benzene rings is 1. The quantitative estimate of drug-likeness (QED) is 0.939. The van der Waals surface area contributed by atoms with Crippen molar-refractivity contribution in [2.24, 2.45) is 0 Å². The van der Waals surface area contributed by atoms with Gasteiger partial charge < -0.3 is 10.2 Å². The predicted octanol–water partition coefficient (Wildman–Crippen LogP) is 3.01.